The van der Waals surface area contributed by atoms with Gasteiger partial charge in [-0.15, -0.1) is 11.3 Å². The first-order valence-corrected chi connectivity index (χ1v) is 18.8. The summed E-state index contributed by atoms with van der Waals surface area (Å²) >= 11 is 1.80. The highest BCUT2D eigenvalue weighted by molar-refractivity contribution is 7.26. The summed E-state index contributed by atoms with van der Waals surface area (Å²) in [5.41, 5.74) is 6.34. The summed E-state index contributed by atoms with van der Waals surface area (Å²) in [7, 11) is 0. The molecule has 0 amide bonds. The number of benzene rings is 8. The second-order valence-corrected chi connectivity index (χ2v) is 14.9. The predicted octanol–water partition coefficient (Wildman–Crippen LogP) is 14.3. The van der Waals surface area contributed by atoms with E-state index in [0.29, 0.717) is 5.69 Å². The summed E-state index contributed by atoms with van der Waals surface area (Å²) in [6.45, 7) is 0. The van der Waals surface area contributed by atoms with Crippen LogP contribution in [0.4, 0.5) is 22.0 Å². The van der Waals surface area contributed by atoms with Gasteiger partial charge in [0.05, 0.1) is 27.6 Å². The topological polar surface area (TPSA) is 9.86 Å². The number of hydrogen-bond donors (Lipinski definition) is 0. The molecule has 268 valence electrons. The second kappa shape index (κ2) is 12.1. The highest BCUT2D eigenvalue weighted by Crippen LogP contribution is 2.44. The van der Waals surface area contributed by atoms with Gasteiger partial charge in [0, 0.05) is 53.1 Å². The van der Waals surface area contributed by atoms with Crippen LogP contribution in [0.3, 0.4) is 0 Å². The highest BCUT2D eigenvalue weighted by atomic mass is 32.1. The van der Waals surface area contributed by atoms with Crippen molar-refractivity contribution >= 4 is 75.1 Å². The number of fused-ring (bicyclic) bond motifs is 10. The van der Waals surface area contributed by atoms with Gasteiger partial charge in [0.25, 0.3) is 0 Å². The molecule has 0 unspecified atom stereocenters. The molecule has 0 saturated carbocycles. The number of rotatable bonds is 4. The third-order valence-electron chi connectivity index (χ3n) is 10.9. The van der Waals surface area contributed by atoms with Crippen molar-refractivity contribution in [2.24, 2.45) is 0 Å². The average molecular weight is 757 g/mol. The Hall–Kier alpha value is -6.77. The number of nitrogens with zero attached hydrogens (tertiary/aromatic N) is 2. The summed E-state index contributed by atoms with van der Waals surface area (Å²) in [5, 5.41) is 6.48. The summed E-state index contributed by atoms with van der Waals surface area (Å²) in [5.74, 6) is -9.91. The second-order valence-electron chi connectivity index (χ2n) is 13.9. The zero-order valence-corrected chi connectivity index (χ0v) is 29.9. The van der Waals surface area contributed by atoms with Gasteiger partial charge in [-0.3, -0.25) is 0 Å². The van der Waals surface area contributed by atoms with E-state index in [4.69, 9.17) is 0 Å². The van der Waals surface area contributed by atoms with E-state index in [0.717, 1.165) is 54.9 Å². The molecule has 3 aromatic heterocycles. The summed E-state index contributed by atoms with van der Waals surface area (Å²) < 4.78 is 79.4. The standard InChI is InChI=1S/C48H25F5N2S/c49-43-40(44(50)46(52)47(53)45(43)51)27-11-8-13-29(25-27)55-36-20-5-2-16-34(36)42-38(55)23-22-37-41(42)33-15-1-4-19-35(33)54(37)28-12-7-10-26(24-28)30-17-9-18-32-31-14-3-6-21-39(31)56-48(30)32/h1-25H. The van der Waals surface area contributed by atoms with Gasteiger partial charge in [0.2, 0.25) is 5.82 Å². The smallest absolute Gasteiger partial charge is 0.200 e. The van der Waals surface area contributed by atoms with Crippen LogP contribution in [0.1, 0.15) is 0 Å². The molecule has 0 aliphatic carbocycles. The lowest BCUT2D eigenvalue weighted by Crippen LogP contribution is -2.04. The Balaban J connectivity index is 1.15. The molecular formula is C48H25F5N2S. The van der Waals surface area contributed by atoms with Gasteiger partial charge in [0.1, 0.15) is 0 Å². The third kappa shape index (κ3) is 4.53. The quantitative estimate of drug-likeness (QED) is 0.0961. The van der Waals surface area contributed by atoms with Gasteiger partial charge in [0.15, 0.2) is 23.3 Å². The Labute approximate surface area is 319 Å². The molecule has 0 aliphatic heterocycles. The monoisotopic (exact) mass is 756 g/mol. The minimum Gasteiger partial charge on any atom is -0.309 e. The summed E-state index contributed by atoms with van der Waals surface area (Å²) in [6.07, 6.45) is 0. The van der Waals surface area contributed by atoms with Gasteiger partial charge in [-0.05, 0) is 71.3 Å². The fourth-order valence-electron chi connectivity index (χ4n) is 8.52. The minimum absolute atomic E-state index is 0.134. The maximum atomic E-state index is 15.0. The molecule has 2 nitrogen and oxygen atoms in total. The Morgan fingerprint density at radius 3 is 1.48 bits per heavy atom. The third-order valence-corrected chi connectivity index (χ3v) is 12.1. The molecule has 0 N–H and O–H groups in total. The molecule has 0 radical (unpaired) electrons. The van der Waals surface area contributed by atoms with Crippen molar-refractivity contribution in [3.05, 3.63) is 181 Å². The highest BCUT2D eigenvalue weighted by Gasteiger charge is 2.27. The molecule has 8 heteroatoms. The number of hydrogen-bond acceptors (Lipinski definition) is 1. The maximum absolute atomic E-state index is 15.0. The molecule has 11 aromatic rings. The summed E-state index contributed by atoms with van der Waals surface area (Å²) in [6, 6.07) is 50.0. The number of thiophene rings is 1. The molecule has 56 heavy (non-hydrogen) atoms. The van der Waals surface area contributed by atoms with Crippen molar-refractivity contribution in [1.29, 1.82) is 0 Å². The lowest BCUT2D eigenvalue weighted by Gasteiger charge is -2.13. The fraction of sp³-hybridized carbons (Fsp3) is 0. The largest absolute Gasteiger partial charge is 0.309 e. The molecule has 0 saturated heterocycles. The normalized spacial score (nSPS) is 12.0. The zero-order chi connectivity index (χ0) is 37.8. The molecule has 0 bridgehead atoms. The SMILES string of the molecule is Fc1c(F)c(F)c(-c2cccc(-n3c4ccccc4c4c5c6ccccc6n(-c6cccc(-c7cccc8c7sc7ccccc78)c6)c5ccc43)c2)c(F)c1F. The first kappa shape index (κ1) is 32.6. The predicted molar refractivity (Wildman–Crippen MR) is 219 cm³/mol. The van der Waals surface area contributed by atoms with E-state index in [1.54, 1.807) is 23.5 Å². The molecule has 0 aliphatic rings. The van der Waals surface area contributed by atoms with E-state index in [-0.39, 0.29) is 5.56 Å². The lowest BCUT2D eigenvalue weighted by atomic mass is 10.0. The van der Waals surface area contributed by atoms with Crippen molar-refractivity contribution in [2.75, 3.05) is 0 Å². The van der Waals surface area contributed by atoms with Crippen molar-refractivity contribution < 1.29 is 22.0 Å². The van der Waals surface area contributed by atoms with E-state index in [1.807, 2.05) is 47.0 Å². The zero-order valence-electron chi connectivity index (χ0n) is 29.1. The lowest BCUT2D eigenvalue weighted by molar-refractivity contribution is 0.381. The average Bonchev–Trinajstić information content (AvgIpc) is 3.90. The summed E-state index contributed by atoms with van der Waals surface area (Å²) in [4.78, 5) is 0. The molecule has 0 fully saturated rings. The van der Waals surface area contributed by atoms with Crippen LogP contribution in [0.25, 0.3) is 97.4 Å². The Morgan fingerprint density at radius 2 is 0.857 bits per heavy atom. The van der Waals surface area contributed by atoms with E-state index in [2.05, 4.69) is 89.5 Å². The van der Waals surface area contributed by atoms with Crippen LogP contribution in [0, 0.1) is 29.1 Å². The minimum atomic E-state index is -2.19. The number of para-hydroxylation sites is 2. The van der Waals surface area contributed by atoms with E-state index < -0.39 is 34.6 Å². The van der Waals surface area contributed by atoms with Crippen LogP contribution in [0.15, 0.2) is 152 Å². The van der Waals surface area contributed by atoms with E-state index in [1.165, 1.54) is 37.9 Å². The van der Waals surface area contributed by atoms with Crippen LogP contribution in [-0.4, -0.2) is 9.13 Å². The Bertz CT molecular complexity index is 3420. The van der Waals surface area contributed by atoms with Crippen molar-refractivity contribution in [2.45, 2.75) is 0 Å². The number of halogens is 5. The Morgan fingerprint density at radius 1 is 0.375 bits per heavy atom. The van der Waals surface area contributed by atoms with Gasteiger partial charge >= 0.3 is 0 Å². The first-order valence-electron chi connectivity index (χ1n) is 18.0. The molecular weight excluding hydrogens is 732 g/mol. The van der Waals surface area contributed by atoms with Crippen LogP contribution in [0.5, 0.6) is 0 Å². The Kier molecular flexibility index (Phi) is 7.06. The fourth-order valence-corrected chi connectivity index (χ4v) is 9.76. The van der Waals surface area contributed by atoms with Crippen molar-refractivity contribution in [1.82, 2.24) is 9.13 Å². The molecule has 8 aromatic carbocycles. The maximum Gasteiger partial charge on any atom is 0.200 e. The molecule has 0 atom stereocenters. The van der Waals surface area contributed by atoms with Crippen molar-refractivity contribution in [3.63, 3.8) is 0 Å². The number of aromatic nitrogens is 2. The van der Waals surface area contributed by atoms with Gasteiger partial charge in [-0.1, -0.05) is 97.1 Å². The molecule has 3 heterocycles. The van der Waals surface area contributed by atoms with Gasteiger partial charge < -0.3 is 9.13 Å². The van der Waals surface area contributed by atoms with Crippen LogP contribution in [0.2, 0.25) is 0 Å². The van der Waals surface area contributed by atoms with Gasteiger partial charge in [-0.2, -0.15) is 0 Å². The van der Waals surface area contributed by atoms with Crippen molar-refractivity contribution in [3.8, 4) is 33.6 Å². The first-order chi connectivity index (χ1) is 27.4. The molecule has 0 spiro atoms. The van der Waals surface area contributed by atoms with Crippen LogP contribution >= 0.6 is 11.3 Å². The van der Waals surface area contributed by atoms with E-state index in [9.17, 15) is 13.2 Å². The molecule has 11 rings (SSSR count). The van der Waals surface area contributed by atoms with E-state index >= 15 is 8.78 Å². The van der Waals surface area contributed by atoms with Crippen LogP contribution in [-0.2, 0) is 0 Å². The van der Waals surface area contributed by atoms with Gasteiger partial charge in [-0.25, -0.2) is 22.0 Å². The van der Waals surface area contributed by atoms with Crippen LogP contribution < -0.4 is 0 Å².